The SMILES string of the molecule is COc1cccc(CN)c1OCc1ncnn1C. The first-order valence-corrected chi connectivity index (χ1v) is 5.58. The maximum absolute atomic E-state index is 5.75. The Bertz CT molecular complexity index is 502. The van der Waals surface area contributed by atoms with Gasteiger partial charge in [-0.15, -0.1) is 0 Å². The van der Waals surface area contributed by atoms with Crippen molar-refractivity contribution in [3.63, 3.8) is 0 Å². The third-order valence-corrected chi connectivity index (χ3v) is 2.65. The van der Waals surface area contributed by atoms with Crippen LogP contribution >= 0.6 is 0 Å². The van der Waals surface area contributed by atoms with Crippen LogP contribution in [0.2, 0.25) is 0 Å². The number of aromatic nitrogens is 3. The van der Waals surface area contributed by atoms with Crippen molar-refractivity contribution in [3.05, 3.63) is 35.9 Å². The summed E-state index contributed by atoms with van der Waals surface area (Å²) in [4.78, 5) is 4.10. The molecule has 0 amide bonds. The summed E-state index contributed by atoms with van der Waals surface area (Å²) in [6.45, 7) is 0.717. The van der Waals surface area contributed by atoms with Crippen molar-refractivity contribution in [3.8, 4) is 11.5 Å². The molecule has 0 aliphatic rings. The second-order valence-electron chi connectivity index (χ2n) is 3.74. The van der Waals surface area contributed by atoms with Crippen molar-refractivity contribution in [2.24, 2.45) is 12.8 Å². The third-order valence-electron chi connectivity index (χ3n) is 2.65. The number of hydrogen-bond acceptors (Lipinski definition) is 5. The lowest BCUT2D eigenvalue weighted by atomic mass is 10.2. The summed E-state index contributed by atoms with van der Waals surface area (Å²) >= 11 is 0. The maximum Gasteiger partial charge on any atom is 0.166 e. The van der Waals surface area contributed by atoms with E-state index in [0.29, 0.717) is 24.7 Å². The standard InChI is InChI=1S/C12H16N4O2/c1-16-11(14-8-15-16)7-18-12-9(6-13)4-3-5-10(12)17-2/h3-5,8H,6-7,13H2,1-2H3. The van der Waals surface area contributed by atoms with Crippen LogP contribution in [0.4, 0.5) is 0 Å². The normalized spacial score (nSPS) is 10.4. The minimum absolute atomic E-state index is 0.323. The first-order chi connectivity index (χ1) is 8.76. The summed E-state index contributed by atoms with van der Waals surface area (Å²) in [5, 5.41) is 3.98. The van der Waals surface area contributed by atoms with E-state index in [0.717, 1.165) is 11.4 Å². The van der Waals surface area contributed by atoms with Crippen molar-refractivity contribution >= 4 is 0 Å². The molecule has 0 aliphatic heterocycles. The van der Waals surface area contributed by atoms with E-state index in [4.69, 9.17) is 15.2 Å². The minimum atomic E-state index is 0.323. The fourth-order valence-corrected chi connectivity index (χ4v) is 1.63. The third kappa shape index (κ3) is 2.43. The molecule has 0 unspecified atom stereocenters. The van der Waals surface area contributed by atoms with Crippen molar-refractivity contribution in [1.82, 2.24) is 14.8 Å². The zero-order valence-corrected chi connectivity index (χ0v) is 10.5. The number of ether oxygens (including phenoxy) is 2. The maximum atomic E-state index is 5.75. The Labute approximate surface area is 105 Å². The molecule has 0 spiro atoms. The van der Waals surface area contributed by atoms with Gasteiger partial charge < -0.3 is 15.2 Å². The molecule has 2 rings (SSSR count). The summed E-state index contributed by atoms with van der Waals surface area (Å²) in [5.74, 6) is 2.06. The van der Waals surface area contributed by atoms with Gasteiger partial charge in [0.15, 0.2) is 17.3 Å². The molecule has 0 saturated carbocycles. The zero-order chi connectivity index (χ0) is 13.0. The fraction of sp³-hybridized carbons (Fsp3) is 0.333. The zero-order valence-electron chi connectivity index (χ0n) is 10.5. The average molecular weight is 248 g/mol. The number of nitrogens with two attached hydrogens (primary N) is 1. The fourth-order valence-electron chi connectivity index (χ4n) is 1.63. The van der Waals surface area contributed by atoms with Gasteiger partial charge in [-0.3, -0.25) is 4.68 Å². The van der Waals surface area contributed by atoms with Gasteiger partial charge in [0, 0.05) is 19.2 Å². The second kappa shape index (κ2) is 5.50. The summed E-state index contributed by atoms with van der Waals surface area (Å²) in [5.41, 5.74) is 6.58. The van der Waals surface area contributed by atoms with E-state index in [9.17, 15) is 0 Å². The van der Waals surface area contributed by atoms with Crippen LogP contribution in [-0.2, 0) is 20.2 Å². The summed E-state index contributed by atoms with van der Waals surface area (Å²) in [6.07, 6.45) is 1.49. The molecule has 0 atom stereocenters. The highest BCUT2D eigenvalue weighted by Gasteiger charge is 2.11. The van der Waals surface area contributed by atoms with Gasteiger partial charge in [0.2, 0.25) is 0 Å². The molecule has 1 aromatic heterocycles. The molecule has 6 heteroatoms. The molecular formula is C12H16N4O2. The lowest BCUT2D eigenvalue weighted by Gasteiger charge is -2.13. The summed E-state index contributed by atoms with van der Waals surface area (Å²) in [7, 11) is 3.42. The Balaban J connectivity index is 2.20. The molecule has 1 heterocycles. The summed E-state index contributed by atoms with van der Waals surface area (Å²) in [6, 6.07) is 5.63. The van der Waals surface area contributed by atoms with E-state index in [1.807, 2.05) is 25.2 Å². The molecule has 0 bridgehead atoms. The molecule has 2 aromatic rings. The highest BCUT2D eigenvalue weighted by molar-refractivity contribution is 5.46. The second-order valence-corrected chi connectivity index (χ2v) is 3.74. The van der Waals surface area contributed by atoms with Crippen molar-refractivity contribution in [2.45, 2.75) is 13.2 Å². The van der Waals surface area contributed by atoms with Crippen LogP contribution < -0.4 is 15.2 Å². The molecular weight excluding hydrogens is 232 g/mol. The van der Waals surface area contributed by atoms with E-state index >= 15 is 0 Å². The van der Waals surface area contributed by atoms with Crippen molar-refractivity contribution in [2.75, 3.05) is 7.11 Å². The lowest BCUT2D eigenvalue weighted by molar-refractivity contribution is 0.269. The molecule has 2 N–H and O–H groups in total. The highest BCUT2D eigenvalue weighted by Crippen LogP contribution is 2.31. The van der Waals surface area contributed by atoms with E-state index in [1.165, 1.54) is 6.33 Å². The molecule has 18 heavy (non-hydrogen) atoms. The smallest absolute Gasteiger partial charge is 0.166 e. The van der Waals surface area contributed by atoms with Crippen molar-refractivity contribution < 1.29 is 9.47 Å². The van der Waals surface area contributed by atoms with Crippen LogP contribution in [0, 0.1) is 0 Å². The van der Waals surface area contributed by atoms with Gasteiger partial charge in [-0.25, -0.2) is 4.98 Å². The molecule has 0 radical (unpaired) electrons. The minimum Gasteiger partial charge on any atom is -0.493 e. The Kier molecular flexibility index (Phi) is 3.78. The van der Waals surface area contributed by atoms with Gasteiger partial charge in [0.1, 0.15) is 12.9 Å². The number of methoxy groups -OCH3 is 1. The van der Waals surface area contributed by atoms with Gasteiger partial charge in [-0.1, -0.05) is 12.1 Å². The molecule has 0 fully saturated rings. The van der Waals surface area contributed by atoms with E-state index < -0.39 is 0 Å². The largest absolute Gasteiger partial charge is 0.493 e. The molecule has 0 aliphatic carbocycles. The quantitative estimate of drug-likeness (QED) is 0.849. The number of rotatable bonds is 5. The van der Waals surface area contributed by atoms with Gasteiger partial charge in [0.05, 0.1) is 7.11 Å². The molecule has 6 nitrogen and oxygen atoms in total. The van der Waals surface area contributed by atoms with Gasteiger partial charge in [0.25, 0.3) is 0 Å². The highest BCUT2D eigenvalue weighted by atomic mass is 16.5. The molecule has 1 aromatic carbocycles. The topological polar surface area (TPSA) is 75.2 Å². The first kappa shape index (κ1) is 12.4. The number of hydrogen-bond donors (Lipinski definition) is 1. The predicted molar refractivity (Wildman–Crippen MR) is 66.2 cm³/mol. The van der Waals surface area contributed by atoms with Gasteiger partial charge in [-0.05, 0) is 6.07 Å². The Hall–Kier alpha value is -2.08. The van der Waals surface area contributed by atoms with Crippen LogP contribution in [0.3, 0.4) is 0 Å². The number of nitrogens with zero attached hydrogens (tertiary/aromatic N) is 3. The Morgan fingerprint density at radius 3 is 2.83 bits per heavy atom. The van der Waals surface area contributed by atoms with E-state index in [2.05, 4.69) is 10.1 Å². The van der Waals surface area contributed by atoms with Crippen LogP contribution in [0.25, 0.3) is 0 Å². The Morgan fingerprint density at radius 2 is 2.22 bits per heavy atom. The molecule has 96 valence electrons. The number of aryl methyl sites for hydroxylation is 1. The van der Waals surface area contributed by atoms with Crippen molar-refractivity contribution in [1.29, 1.82) is 0 Å². The molecule has 0 saturated heterocycles. The van der Waals surface area contributed by atoms with E-state index in [-0.39, 0.29) is 0 Å². The number of benzene rings is 1. The number of para-hydroxylation sites is 1. The van der Waals surface area contributed by atoms with Gasteiger partial charge >= 0.3 is 0 Å². The monoisotopic (exact) mass is 248 g/mol. The van der Waals surface area contributed by atoms with Crippen LogP contribution in [0.1, 0.15) is 11.4 Å². The van der Waals surface area contributed by atoms with E-state index in [1.54, 1.807) is 11.8 Å². The Morgan fingerprint density at radius 1 is 1.39 bits per heavy atom. The predicted octanol–water partition coefficient (Wildman–Crippen LogP) is 0.861. The van der Waals surface area contributed by atoms with Crippen LogP contribution in [0.15, 0.2) is 24.5 Å². The van der Waals surface area contributed by atoms with Crippen LogP contribution in [-0.4, -0.2) is 21.9 Å². The summed E-state index contributed by atoms with van der Waals surface area (Å²) < 4.78 is 12.7. The lowest BCUT2D eigenvalue weighted by Crippen LogP contribution is -2.08. The first-order valence-electron chi connectivity index (χ1n) is 5.58. The average Bonchev–Trinajstić information content (AvgIpc) is 2.81. The van der Waals surface area contributed by atoms with Gasteiger partial charge in [-0.2, -0.15) is 5.10 Å². The van der Waals surface area contributed by atoms with Crippen LogP contribution in [0.5, 0.6) is 11.5 Å².